The number of likely N-dealkylation sites (tertiary alicyclic amines) is 1. The van der Waals surface area contributed by atoms with Gasteiger partial charge in [-0.05, 0) is 13.3 Å². The van der Waals surface area contributed by atoms with E-state index in [9.17, 15) is 9.59 Å². The van der Waals surface area contributed by atoms with Crippen molar-refractivity contribution >= 4 is 11.8 Å². The Kier molecular flexibility index (Phi) is 3.47. The first kappa shape index (κ1) is 13.5. The van der Waals surface area contributed by atoms with Crippen molar-refractivity contribution in [3.63, 3.8) is 0 Å². The first-order valence-corrected chi connectivity index (χ1v) is 6.56. The zero-order valence-corrected chi connectivity index (χ0v) is 11.5. The maximum absolute atomic E-state index is 11.8. The number of carbonyl (C=O) groups excluding carboxylic acids is 2. The summed E-state index contributed by atoms with van der Waals surface area (Å²) >= 11 is 0. The highest BCUT2D eigenvalue weighted by molar-refractivity contribution is 6.05. The summed E-state index contributed by atoms with van der Waals surface area (Å²) in [5, 5.41) is 3.31. The maximum atomic E-state index is 11.8. The van der Waals surface area contributed by atoms with E-state index in [1.807, 2.05) is 6.92 Å². The summed E-state index contributed by atoms with van der Waals surface area (Å²) in [6.45, 7) is 6.98. The second-order valence-corrected chi connectivity index (χ2v) is 5.77. The summed E-state index contributed by atoms with van der Waals surface area (Å²) in [6, 6.07) is -0.114. The monoisotopic (exact) mass is 254 g/mol. The molecule has 2 fully saturated rings. The number of hydrogen-bond donors (Lipinski definition) is 1. The highest BCUT2D eigenvalue weighted by Gasteiger charge is 2.51. The Morgan fingerprint density at radius 2 is 2.11 bits per heavy atom. The zero-order valence-electron chi connectivity index (χ0n) is 11.5. The fraction of sp³-hybridized carbons (Fsp3) is 0.846. The van der Waals surface area contributed by atoms with E-state index >= 15 is 0 Å². The van der Waals surface area contributed by atoms with E-state index in [-0.39, 0.29) is 41.8 Å². The quantitative estimate of drug-likeness (QED) is 0.744. The summed E-state index contributed by atoms with van der Waals surface area (Å²) in [7, 11) is 1.54. The largest absolute Gasteiger partial charge is 0.378 e. The molecule has 2 amide bonds. The molecule has 0 aromatic heterocycles. The Morgan fingerprint density at radius 3 is 2.56 bits per heavy atom. The molecular weight excluding hydrogens is 232 g/mol. The Hall–Kier alpha value is -0.940. The van der Waals surface area contributed by atoms with E-state index in [2.05, 4.69) is 19.2 Å². The Labute approximate surface area is 108 Å². The molecule has 3 atom stereocenters. The second kappa shape index (κ2) is 4.63. The van der Waals surface area contributed by atoms with E-state index in [4.69, 9.17) is 4.74 Å². The smallest absolute Gasteiger partial charge is 0.246 e. The van der Waals surface area contributed by atoms with Gasteiger partial charge in [0.2, 0.25) is 11.8 Å². The fourth-order valence-corrected chi connectivity index (χ4v) is 2.78. The number of hydrogen-bond acceptors (Lipinski definition) is 4. The van der Waals surface area contributed by atoms with Crippen LogP contribution in [-0.4, -0.2) is 48.6 Å². The summed E-state index contributed by atoms with van der Waals surface area (Å²) < 4.78 is 5.65. The molecule has 1 N–H and O–H groups in total. The standard InChI is InChI=1S/C13H22N2O3/c1-5-18-10-7-9(13(10,2)3)14-8-6-11(16)15(4)12(8)17/h8-10,14H,5-7H2,1-4H3. The lowest BCUT2D eigenvalue weighted by atomic mass is 9.64. The molecular formula is C13H22N2O3. The van der Waals surface area contributed by atoms with E-state index in [1.165, 1.54) is 4.90 Å². The fourth-order valence-electron chi connectivity index (χ4n) is 2.78. The third-order valence-electron chi connectivity index (χ3n) is 4.33. The number of ether oxygens (including phenoxy) is 1. The predicted octanol–water partition coefficient (Wildman–Crippen LogP) is 0.537. The topological polar surface area (TPSA) is 58.6 Å². The van der Waals surface area contributed by atoms with Gasteiger partial charge in [-0.15, -0.1) is 0 Å². The maximum Gasteiger partial charge on any atom is 0.246 e. The van der Waals surface area contributed by atoms with Gasteiger partial charge in [0.15, 0.2) is 0 Å². The van der Waals surface area contributed by atoms with Crippen LogP contribution in [0.5, 0.6) is 0 Å². The van der Waals surface area contributed by atoms with Gasteiger partial charge in [0.1, 0.15) is 0 Å². The van der Waals surface area contributed by atoms with Gasteiger partial charge in [-0.3, -0.25) is 14.5 Å². The van der Waals surface area contributed by atoms with Gasteiger partial charge in [-0.2, -0.15) is 0 Å². The lowest BCUT2D eigenvalue weighted by Crippen LogP contribution is -2.63. The Balaban J connectivity index is 1.93. The van der Waals surface area contributed by atoms with Crippen molar-refractivity contribution in [3.8, 4) is 0 Å². The van der Waals surface area contributed by atoms with Gasteiger partial charge in [0.25, 0.3) is 0 Å². The number of imide groups is 1. The van der Waals surface area contributed by atoms with Crippen molar-refractivity contribution in [1.29, 1.82) is 0 Å². The van der Waals surface area contributed by atoms with Crippen LogP contribution in [0.4, 0.5) is 0 Å². The third kappa shape index (κ3) is 2.06. The van der Waals surface area contributed by atoms with Crippen LogP contribution in [0.1, 0.15) is 33.6 Å². The van der Waals surface area contributed by atoms with Crippen LogP contribution in [0.15, 0.2) is 0 Å². The molecule has 1 aliphatic heterocycles. The minimum atomic E-state index is -0.352. The average molecular weight is 254 g/mol. The van der Waals surface area contributed by atoms with E-state index in [0.717, 1.165) is 6.42 Å². The molecule has 0 aromatic carbocycles. The molecule has 0 aromatic rings. The van der Waals surface area contributed by atoms with Gasteiger partial charge in [-0.25, -0.2) is 0 Å². The van der Waals surface area contributed by atoms with Crippen LogP contribution in [0.2, 0.25) is 0 Å². The molecule has 1 saturated carbocycles. The first-order chi connectivity index (χ1) is 8.37. The van der Waals surface area contributed by atoms with Crippen molar-refractivity contribution in [2.45, 2.75) is 51.8 Å². The molecule has 18 heavy (non-hydrogen) atoms. The van der Waals surface area contributed by atoms with Crippen LogP contribution in [0, 0.1) is 5.41 Å². The van der Waals surface area contributed by atoms with Crippen molar-refractivity contribution in [3.05, 3.63) is 0 Å². The minimum absolute atomic E-state index is 0.0144. The van der Waals surface area contributed by atoms with Crippen LogP contribution in [-0.2, 0) is 14.3 Å². The minimum Gasteiger partial charge on any atom is -0.378 e. The highest BCUT2D eigenvalue weighted by Crippen LogP contribution is 2.43. The predicted molar refractivity (Wildman–Crippen MR) is 66.9 cm³/mol. The summed E-state index contributed by atoms with van der Waals surface area (Å²) in [5.74, 6) is -0.216. The molecule has 5 nitrogen and oxygen atoms in total. The molecule has 5 heteroatoms. The van der Waals surface area contributed by atoms with Gasteiger partial charge < -0.3 is 10.1 Å². The van der Waals surface area contributed by atoms with Crippen molar-refractivity contribution in [2.24, 2.45) is 5.41 Å². The van der Waals surface area contributed by atoms with E-state index in [0.29, 0.717) is 6.61 Å². The van der Waals surface area contributed by atoms with Gasteiger partial charge >= 0.3 is 0 Å². The second-order valence-electron chi connectivity index (χ2n) is 5.77. The number of amides is 2. The molecule has 2 aliphatic rings. The number of rotatable bonds is 4. The summed E-state index contributed by atoms with van der Waals surface area (Å²) in [4.78, 5) is 24.5. The average Bonchev–Trinajstić information content (AvgIpc) is 2.56. The SMILES string of the molecule is CCOC1CC(NC2CC(=O)N(C)C2=O)C1(C)C. The van der Waals surface area contributed by atoms with Crippen molar-refractivity contribution < 1.29 is 14.3 Å². The third-order valence-corrected chi connectivity index (χ3v) is 4.33. The van der Waals surface area contributed by atoms with Crippen LogP contribution >= 0.6 is 0 Å². The number of nitrogens with zero attached hydrogens (tertiary/aromatic N) is 1. The van der Waals surface area contributed by atoms with Crippen LogP contribution in [0.3, 0.4) is 0 Å². The zero-order chi connectivity index (χ0) is 13.5. The molecule has 1 heterocycles. The highest BCUT2D eigenvalue weighted by atomic mass is 16.5. The molecule has 0 bridgehead atoms. The summed E-state index contributed by atoms with van der Waals surface area (Å²) in [6.07, 6.45) is 1.42. The Bertz CT molecular complexity index is 367. The lowest BCUT2D eigenvalue weighted by molar-refractivity contribution is -0.138. The molecule has 102 valence electrons. The molecule has 2 rings (SSSR count). The molecule has 1 saturated heterocycles. The van der Waals surface area contributed by atoms with Crippen molar-refractivity contribution in [2.75, 3.05) is 13.7 Å². The van der Waals surface area contributed by atoms with Crippen LogP contribution in [0.25, 0.3) is 0 Å². The van der Waals surface area contributed by atoms with Crippen molar-refractivity contribution in [1.82, 2.24) is 10.2 Å². The molecule has 0 radical (unpaired) electrons. The van der Waals surface area contributed by atoms with Gasteiger partial charge in [0.05, 0.1) is 18.6 Å². The first-order valence-electron chi connectivity index (χ1n) is 6.56. The van der Waals surface area contributed by atoms with E-state index in [1.54, 1.807) is 7.05 Å². The van der Waals surface area contributed by atoms with Crippen LogP contribution < -0.4 is 5.32 Å². The molecule has 3 unspecified atom stereocenters. The molecule has 1 aliphatic carbocycles. The number of carbonyl (C=O) groups is 2. The Morgan fingerprint density at radius 1 is 1.44 bits per heavy atom. The lowest BCUT2D eigenvalue weighted by Gasteiger charge is -2.52. The molecule has 0 spiro atoms. The number of nitrogens with one attached hydrogen (secondary N) is 1. The van der Waals surface area contributed by atoms with E-state index < -0.39 is 0 Å². The van der Waals surface area contributed by atoms with Gasteiger partial charge in [0, 0.05) is 25.1 Å². The normalized spacial score (nSPS) is 34.9. The summed E-state index contributed by atoms with van der Waals surface area (Å²) in [5.41, 5.74) is 0.0144. The number of likely N-dealkylation sites (N-methyl/N-ethyl adjacent to an activating group) is 1. The van der Waals surface area contributed by atoms with Gasteiger partial charge in [-0.1, -0.05) is 13.8 Å².